The summed E-state index contributed by atoms with van der Waals surface area (Å²) >= 11 is 6.04. The number of fused-ring (bicyclic) bond motifs is 1. The molecule has 0 radical (unpaired) electrons. The van der Waals surface area contributed by atoms with Gasteiger partial charge in [-0.1, -0.05) is 11.6 Å². The van der Waals surface area contributed by atoms with Gasteiger partial charge in [-0.05, 0) is 67.1 Å². The van der Waals surface area contributed by atoms with Gasteiger partial charge in [0.15, 0.2) is 5.65 Å². The van der Waals surface area contributed by atoms with Gasteiger partial charge in [0.1, 0.15) is 22.5 Å². The Morgan fingerprint density at radius 3 is 2.67 bits per heavy atom. The van der Waals surface area contributed by atoms with Crippen molar-refractivity contribution in [1.29, 1.82) is 0 Å². The van der Waals surface area contributed by atoms with Gasteiger partial charge in [0.25, 0.3) is 5.91 Å². The number of amides is 1. The summed E-state index contributed by atoms with van der Waals surface area (Å²) in [4.78, 5) is 25.6. The van der Waals surface area contributed by atoms with Gasteiger partial charge in [0, 0.05) is 29.7 Å². The van der Waals surface area contributed by atoms with Gasteiger partial charge < -0.3 is 5.32 Å². The number of hydrogen-bond donors (Lipinski definition) is 1. The smallest absolute Gasteiger partial charge is 0.259 e. The van der Waals surface area contributed by atoms with E-state index in [9.17, 15) is 9.18 Å². The van der Waals surface area contributed by atoms with Crippen molar-refractivity contribution in [2.75, 3.05) is 5.32 Å². The molecule has 0 fully saturated rings. The fourth-order valence-electron chi connectivity index (χ4n) is 3.53. The number of aryl methyl sites for hydroxylation is 1. The van der Waals surface area contributed by atoms with Gasteiger partial charge >= 0.3 is 0 Å². The number of carbonyl (C=O) groups excluding carboxylic acids is 1. The Morgan fingerprint density at radius 2 is 1.85 bits per heavy atom. The molecule has 0 unspecified atom stereocenters. The second kappa shape index (κ2) is 8.40. The number of anilines is 1. The maximum absolute atomic E-state index is 13.9. The van der Waals surface area contributed by atoms with Crippen LogP contribution < -0.4 is 5.32 Å². The van der Waals surface area contributed by atoms with Crippen LogP contribution >= 0.6 is 11.6 Å². The fourth-order valence-corrected chi connectivity index (χ4v) is 3.73. The lowest BCUT2D eigenvalue weighted by atomic mass is 10.0. The SMILES string of the molecule is Cc1cc(-c2nc3cccnn3c2-c2ccnc(NC(=O)c3cccnc3Cl)c2)ccc1F. The molecule has 0 aliphatic carbocycles. The first-order chi connectivity index (χ1) is 16.0. The lowest BCUT2D eigenvalue weighted by Crippen LogP contribution is -2.14. The number of benzene rings is 1. The van der Waals surface area contributed by atoms with E-state index < -0.39 is 5.91 Å². The van der Waals surface area contributed by atoms with Crippen LogP contribution in [0.3, 0.4) is 0 Å². The number of hydrogen-bond acceptors (Lipinski definition) is 5. The largest absolute Gasteiger partial charge is 0.306 e. The van der Waals surface area contributed by atoms with Crippen molar-refractivity contribution >= 4 is 29.0 Å². The average Bonchev–Trinajstić information content (AvgIpc) is 3.21. The number of imidazole rings is 1. The Labute approximate surface area is 192 Å². The summed E-state index contributed by atoms with van der Waals surface area (Å²) in [5, 5.41) is 7.29. The Hall–Kier alpha value is -4.17. The molecule has 162 valence electrons. The molecule has 1 aromatic carbocycles. The summed E-state index contributed by atoms with van der Waals surface area (Å²) in [7, 11) is 0. The third kappa shape index (κ3) is 3.92. The summed E-state index contributed by atoms with van der Waals surface area (Å²) < 4.78 is 15.6. The van der Waals surface area contributed by atoms with Gasteiger partial charge in [-0.2, -0.15) is 5.10 Å². The van der Waals surface area contributed by atoms with E-state index >= 15 is 0 Å². The van der Waals surface area contributed by atoms with Crippen molar-refractivity contribution in [3.63, 3.8) is 0 Å². The van der Waals surface area contributed by atoms with Gasteiger partial charge in [-0.15, -0.1) is 0 Å². The second-order valence-corrected chi connectivity index (χ2v) is 7.65. The van der Waals surface area contributed by atoms with Crippen LogP contribution in [0.2, 0.25) is 5.15 Å². The molecular formula is C24H16ClFN6O. The Balaban J connectivity index is 1.60. The second-order valence-electron chi connectivity index (χ2n) is 7.29. The molecule has 0 saturated heterocycles. The van der Waals surface area contributed by atoms with Crippen molar-refractivity contribution in [2.45, 2.75) is 6.92 Å². The highest BCUT2D eigenvalue weighted by Crippen LogP contribution is 2.33. The highest BCUT2D eigenvalue weighted by Gasteiger charge is 2.19. The summed E-state index contributed by atoms with van der Waals surface area (Å²) in [6.45, 7) is 1.70. The molecule has 0 aliphatic rings. The van der Waals surface area contributed by atoms with Crippen LogP contribution in [0.4, 0.5) is 10.2 Å². The molecule has 1 amide bonds. The van der Waals surface area contributed by atoms with E-state index in [1.54, 1.807) is 66.3 Å². The number of halogens is 2. The van der Waals surface area contributed by atoms with Gasteiger partial charge in [0.2, 0.25) is 0 Å². The van der Waals surface area contributed by atoms with Crippen LogP contribution in [0.5, 0.6) is 0 Å². The van der Waals surface area contributed by atoms with E-state index in [1.165, 1.54) is 12.3 Å². The van der Waals surface area contributed by atoms with Crippen LogP contribution in [0.15, 0.2) is 73.2 Å². The van der Waals surface area contributed by atoms with Crippen LogP contribution in [0.25, 0.3) is 28.2 Å². The topological polar surface area (TPSA) is 85.1 Å². The highest BCUT2D eigenvalue weighted by molar-refractivity contribution is 6.33. The number of pyridine rings is 2. The molecule has 0 saturated carbocycles. The van der Waals surface area contributed by atoms with E-state index in [1.807, 2.05) is 6.07 Å². The third-order valence-electron chi connectivity index (χ3n) is 5.10. The molecule has 33 heavy (non-hydrogen) atoms. The normalized spacial score (nSPS) is 11.0. The molecule has 4 heterocycles. The first-order valence-electron chi connectivity index (χ1n) is 10.00. The van der Waals surface area contributed by atoms with E-state index in [0.717, 1.165) is 11.1 Å². The lowest BCUT2D eigenvalue weighted by molar-refractivity contribution is 0.102. The van der Waals surface area contributed by atoms with Crippen LogP contribution in [0.1, 0.15) is 15.9 Å². The molecule has 5 aromatic rings. The zero-order valence-electron chi connectivity index (χ0n) is 17.3. The first-order valence-corrected chi connectivity index (χ1v) is 10.4. The predicted octanol–water partition coefficient (Wildman–Crippen LogP) is 5.21. The maximum atomic E-state index is 13.9. The number of carbonyl (C=O) groups is 1. The molecule has 0 spiro atoms. The summed E-state index contributed by atoms with van der Waals surface area (Å²) in [6, 6.07) is 15.2. The van der Waals surface area contributed by atoms with Gasteiger partial charge in [-0.3, -0.25) is 4.79 Å². The molecule has 5 rings (SSSR count). The minimum absolute atomic E-state index is 0.103. The molecule has 0 aliphatic heterocycles. The van der Waals surface area contributed by atoms with Crippen LogP contribution in [0, 0.1) is 12.7 Å². The lowest BCUT2D eigenvalue weighted by Gasteiger charge is -2.09. The molecule has 9 heteroatoms. The molecular weight excluding hydrogens is 443 g/mol. The number of aromatic nitrogens is 5. The zero-order chi connectivity index (χ0) is 22.9. The maximum Gasteiger partial charge on any atom is 0.259 e. The van der Waals surface area contributed by atoms with E-state index in [4.69, 9.17) is 16.6 Å². The first kappa shape index (κ1) is 20.7. The summed E-state index contributed by atoms with van der Waals surface area (Å²) in [6.07, 6.45) is 4.75. The van der Waals surface area contributed by atoms with Crippen molar-refractivity contribution in [3.05, 3.63) is 95.3 Å². The molecule has 0 atom stereocenters. The highest BCUT2D eigenvalue weighted by atomic mass is 35.5. The molecule has 4 aromatic heterocycles. The molecule has 1 N–H and O–H groups in total. The zero-order valence-corrected chi connectivity index (χ0v) is 18.1. The van der Waals surface area contributed by atoms with Crippen LogP contribution in [-0.2, 0) is 0 Å². The fraction of sp³-hybridized carbons (Fsp3) is 0.0417. The van der Waals surface area contributed by atoms with Gasteiger partial charge in [-0.25, -0.2) is 23.9 Å². The number of nitrogens with zero attached hydrogens (tertiary/aromatic N) is 5. The van der Waals surface area contributed by atoms with Gasteiger partial charge in [0.05, 0.1) is 11.3 Å². The number of rotatable bonds is 4. The minimum atomic E-state index is -0.427. The molecule has 7 nitrogen and oxygen atoms in total. The monoisotopic (exact) mass is 458 g/mol. The number of nitrogens with one attached hydrogen (secondary N) is 1. The minimum Gasteiger partial charge on any atom is -0.306 e. The van der Waals surface area contributed by atoms with E-state index in [2.05, 4.69) is 20.4 Å². The Kier molecular flexibility index (Phi) is 5.27. The van der Waals surface area contributed by atoms with E-state index in [0.29, 0.717) is 28.4 Å². The van der Waals surface area contributed by atoms with Crippen molar-refractivity contribution in [2.24, 2.45) is 0 Å². The predicted molar refractivity (Wildman–Crippen MR) is 124 cm³/mol. The third-order valence-corrected chi connectivity index (χ3v) is 5.40. The van der Waals surface area contributed by atoms with Crippen molar-refractivity contribution in [3.8, 4) is 22.5 Å². The van der Waals surface area contributed by atoms with E-state index in [-0.39, 0.29) is 16.5 Å². The summed E-state index contributed by atoms with van der Waals surface area (Å²) in [5.41, 5.74) is 4.18. The Morgan fingerprint density at radius 1 is 1.00 bits per heavy atom. The van der Waals surface area contributed by atoms with Crippen LogP contribution in [-0.4, -0.2) is 30.5 Å². The standard InChI is InChI=1S/C24H16ClFN6O/c1-14-12-15(6-7-18(14)26)21-22(32-20(31-21)5-3-10-29-32)16-8-11-27-19(13-16)30-24(33)17-4-2-9-28-23(17)25/h2-13H,1H3,(H,27,30,33). The Bertz CT molecular complexity index is 1520. The quantitative estimate of drug-likeness (QED) is 0.374. The summed E-state index contributed by atoms with van der Waals surface area (Å²) in [5.74, 6) is -0.391. The van der Waals surface area contributed by atoms with Crippen molar-refractivity contribution in [1.82, 2.24) is 24.6 Å². The molecule has 0 bridgehead atoms. The van der Waals surface area contributed by atoms with Crippen molar-refractivity contribution < 1.29 is 9.18 Å². The average molecular weight is 459 g/mol.